The molecule has 1 nitrogen and oxygen atoms in total. The van der Waals surface area contributed by atoms with Crippen LogP contribution in [-0.4, -0.2) is 6.29 Å². The first kappa shape index (κ1) is 21.2. The Kier molecular flexibility index (Phi) is 5.61. The highest BCUT2D eigenvalue weighted by Gasteiger charge is 2.35. The Bertz CT molecular complexity index is 775. The predicted octanol–water partition coefficient (Wildman–Crippen LogP) is 6.86. The van der Waals surface area contributed by atoms with Gasteiger partial charge in [0.2, 0.25) is 0 Å². The third-order valence-electron chi connectivity index (χ3n) is 4.73. The van der Waals surface area contributed by atoms with Gasteiger partial charge in [-0.2, -0.15) is 13.2 Å². The zero-order valence-corrected chi connectivity index (χ0v) is 16.7. The molecule has 1 aromatic carbocycles. The second kappa shape index (κ2) is 7.14. The van der Waals surface area contributed by atoms with Crippen LogP contribution in [0.3, 0.4) is 0 Å². The molecule has 0 bridgehead atoms. The molecule has 0 N–H and O–H groups in total. The van der Waals surface area contributed by atoms with Crippen molar-refractivity contribution in [1.82, 2.24) is 0 Å². The Hall–Kier alpha value is -2.10. The van der Waals surface area contributed by atoms with Crippen molar-refractivity contribution < 1.29 is 18.0 Å². The van der Waals surface area contributed by atoms with Gasteiger partial charge in [0.1, 0.15) is 6.29 Å². The van der Waals surface area contributed by atoms with Gasteiger partial charge in [-0.25, -0.2) is 0 Å². The maximum atomic E-state index is 13.0. The molecule has 0 saturated heterocycles. The first-order valence-electron chi connectivity index (χ1n) is 9.02. The topological polar surface area (TPSA) is 17.1 Å². The van der Waals surface area contributed by atoms with Crippen LogP contribution < -0.4 is 0 Å². The fourth-order valence-electron chi connectivity index (χ4n) is 3.34. The van der Waals surface area contributed by atoms with Gasteiger partial charge in [0.25, 0.3) is 0 Å². The molecule has 0 spiro atoms. The van der Waals surface area contributed by atoms with E-state index in [1.807, 2.05) is 53.7 Å². The minimum atomic E-state index is -4.37. The molecule has 2 rings (SSSR count). The maximum Gasteiger partial charge on any atom is 0.416 e. The molecular weight excluding hydrogens is 349 g/mol. The van der Waals surface area contributed by atoms with E-state index in [1.54, 1.807) is 12.1 Å². The van der Waals surface area contributed by atoms with Gasteiger partial charge in [0, 0.05) is 0 Å². The summed E-state index contributed by atoms with van der Waals surface area (Å²) in [6.45, 7) is 12.3. The number of carbonyl (C=O) groups is 1. The lowest BCUT2D eigenvalue weighted by Crippen LogP contribution is -2.28. The lowest BCUT2D eigenvalue weighted by atomic mass is 9.67. The number of aldehydes is 1. The average Bonchev–Trinajstić information content (AvgIpc) is 2.52. The molecule has 0 radical (unpaired) electrons. The summed E-state index contributed by atoms with van der Waals surface area (Å²) < 4.78 is 39.0. The van der Waals surface area contributed by atoms with E-state index >= 15 is 0 Å². The highest BCUT2D eigenvalue weighted by Crippen LogP contribution is 2.44. The molecule has 0 aliphatic heterocycles. The van der Waals surface area contributed by atoms with E-state index in [0.717, 1.165) is 35.1 Å². The molecule has 146 valence electrons. The van der Waals surface area contributed by atoms with Crippen molar-refractivity contribution in [2.75, 3.05) is 0 Å². The molecular formula is C23H27F3O. The molecule has 4 heteroatoms. The van der Waals surface area contributed by atoms with Gasteiger partial charge in [-0.3, -0.25) is 0 Å². The van der Waals surface area contributed by atoms with Crippen molar-refractivity contribution in [3.05, 3.63) is 64.3 Å². The molecule has 27 heavy (non-hydrogen) atoms. The summed E-state index contributed by atoms with van der Waals surface area (Å²) in [4.78, 5) is 11.9. The molecule has 0 aromatic heterocycles. The Morgan fingerprint density at radius 2 is 1.41 bits per heavy atom. The maximum absolute atomic E-state index is 13.0. The van der Waals surface area contributed by atoms with E-state index in [2.05, 4.69) is 0 Å². The van der Waals surface area contributed by atoms with Crippen LogP contribution in [0, 0.1) is 16.7 Å². The Morgan fingerprint density at radius 1 is 0.889 bits per heavy atom. The van der Waals surface area contributed by atoms with Crippen molar-refractivity contribution in [2.45, 2.75) is 47.7 Å². The Morgan fingerprint density at radius 3 is 1.81 bits per heavy atom. The van der Waals surface area contributed by atoms with Gasteiger partial charge in [-0.05, 0) is 51.3 Å². The standard InChI is InChI=1S/C23H27F3O/c1-21(2,3)19-12-16(13-20(18(19)14-27)22(4,5)6)10-15-8-7-9-17(11-15)23(24,25)26/h7-14,18H,1-6H3. The van der Waals surface area contributed by atoms with Crippen LogP contribution in [0.15, 0.2) is 53.1 Å². The van der Waals surface area contributed by atoms with E-state index in [1.165, 1.54) is 6.07 Å². The molecule has 1 aliphatic carbocycles. The molecule has 1 aliphatic rings. The van der Waals surface area contributed by atoms with Gasteiger partial charge < -0.3 is 4.79 Å². The first-order valence-corrected chi connectivity index (χ1v) is 9.02. The summed E-state index contributed by atoms with van der Waals surface area (Å²) in [6, 6.07) is 5.28. The van der Waals surface area contributed by atoms with E-state index < -0.39 is 11.7 Å². The summed E-state index contributed by atoms with van der Waals surface area (Å²) in [7, 11) is 0. The molecule has 0 atom stereocenters. The van der Waals surface area contributed by atoms with Crippen LogP contribution in [0.5, 0.6) is 0 Å². The minimum Gasteiger partial charge on any atom is -0.302 e. The van der Waals surface area contributed by atoms with E-state index in [4.69, 9.17) is 0 Å². The van der Waals surface area contributed by atoms with Gasteiger partial charge in [-0.1, -0.05) is 65.8 Å². The number of benzene rings is 1. The highest BCUT2D eigenvalue weighted by atomic mass is 19.4. The average molecular weight is 376 g/mol. The Labute approximate surface area is 159 Å². The van der Waals surface area contributed by atoms with Crippen LogP contribution in [0.1, 0.15) is 52.7 Å². The molecule has 1 aromatic rings. The van der Waals surface area contributed by atoms with Crippen LogP contribution in [0.2, 0.25) is 0 Å². The smallest absolute Gasteiger partial charge is 0.302 e. The summed E-state index contributed by atoms with van der Waals surface area (Å²) in [5, 5.41) is 0. The van der Waals surface area contributed by atoms with E-state index in [9.17, 15) is 18.0 Å². The molecule has 0 unspecified atom stereocenters. The second-order valence-electron chi connectivity index (χ2n) is 9.08. The summed E-state index contributed by atoms with van der Waals surface area (Å²) in [5.74, 6) is -0.316. The van der Waals surface area contributed by atoms with Crippen LogP contribution in [0.4, 0.5) is 13.2 Å². The van der Waals surface area contributed by atoms with Crippen LogP contribution >= 0.6 is 0 Å². The van der Waals surface area contributed by atoms with Crippen molar-refractivity contribution in [3.8, 4) is 0 Å². The van der Waals surface area contributed by atoms with Gasteiger partial charge in [0.05, 0.1) is 11.5 Å². The van der Waals surface area contributed by atoms with E-state index in [-0.39, 0.29) is 16.7 Å². The van der Waals surface area contributed by atoms with Crippen molar-refractivity contribution >= 4 is 12.4 Å². The SMILES string of the molecule is CC(C)(C)C1=CC(=Cc2cccc(C(F)(F)F)c2)C=C(C(C)(C)C)C1C=O. The fourth-order valence-corrected chi connectivity index (χ4v) is 3.34. The third-order valence-corrected chi connectivity index (χ3v) is 4.73. The number of halogens is 3. The zero-order valence-electron chi connectivity index (χ0n) is 16.7. The molecule has 0 amide bonds. The summed E-state index contributed by atoms with van der Waals surface area (Å²) in [5.41, 5.74) is 2.11. The number of hydrogen-bond donors (Lipinski definition) is 0. The number of rotatable bonds is 2. The van der Waals surface area contributed by atoms with Crippen molar-refractivity contribution in [1.29, 1.82) is 0 Å². The monoisotopic (exact) mass is 376 g/mol. The predicted molar refractivity (Wildman–Crippen MR) is 104 cm³/mol. The number of hydrogen-bond acceptors (Lipinski definition) is 1. The van der Waals surface area contributed by atoms with Gasteiger partial charge in [-0.15, -0.1) is 0 Å². The zero-order chi connectivity index (χ0) is 20.6. The Balaban J connectivity index is 2.62. The lowest BCUT2D eigenvalue weighted by Gasteiger charge is -2.37. The van der Waals surface area contributed by atoms with Crippen LogP contribution in [-0.2, 0) is 11.0 Å². The molecule has 0 heterocycles. The van der Waals surface area contributed by atoms with Crippen molar-refractivity contribution in [2.24, 2.45) is 16.7 Å². The molecule has 0 saturated carbocycles. The quantitative estimate of drug-likeness (QED) is 0.515. The normalized spacial score (nSPS) is 18.7. The summed E-state index contributed by atoms with van der Waals surface area (Å²) >= 11 is 0. The van der Waals surface area contributed by atoms with E-state index in [0.29, 0.717) is 5.56 Å². The van der Waals surface area contributed by atoms with Crippen LogP contribution in [0.25, 0.3) is 6.08 Å². The number of carbonyl (C=O) groups excluding carboxylic acids is 1. The van der Waals surface area contributed by atoms with Gasteiger partial charge >= 0.3 is 6.18 Å². The number of alkyl halides is 3. The molecule has 0 fully saturated rings. The van der Waals surface area contributed by atoms with Gasteiger partial charge in [0.15, 0.2) is 0 Å². The fraction of sp³-hybridized carbons (Fsp3) is 0.435. The summed E-state index contributed by atoms with van der Waals surface area (Å²) in [6.07, 6.45) is 2.22. The minimum absolute atomic E-state index is 0.233. The first-order chi connectivity index (χ1) is 12.2. The van der Waals surface area contributed by atoms with Crippen molar-refractivity contribution in [3.63, 3.8) is 0 Å². The largest absolute Gasteiger partial charge is 0.416 e. The number of allylic oxidation sites excluding steroid dienone is 5. The second-order valence-corrected chi connectivity index (χ2v) is 9.08. The lowest BCUT2D eigenvalue weighted by molar-refractivity contribution is -0.137. The third kappa shape index (κ3) is 5.00. The highest BCUT2D eigenvalue weighted by molar-refractivity contribution is 5.72.